The molecule has 0 radical (unpaired) electrons. The summed E-state index contributed by atoms with van der Waals surface area (Å²) in [5.74, 6) is -0.587. The van der Waals surface area contributed by atoms with Crippen molar-refractivity contribution in [1.82, 2.24) is 10.2 Å². The van der Waals surface area contributed by atoms with Crippen LogP contribution in [0.1, 0.15) is 54.4 Å². The fourth-order valence-electron chi connectivity index (χ4n) is 2.38. The smallest absolute Gasteiger partial charge is 0.411 e. The van der Waals surface area contributed by atoms with Gasteiger partial charge in [-0.1, -0.05) is 0 Å². The lowest BCUT2D eigenvalue weighted by Gasteiger charge is -2.38. The van der Waals surface area contributed by atoms with Crippen molar-refractivity contribution < 1.29 is 23.9 Å². The molecule has 0 saturated carbocycles. The first kappa shape index (κ1) is 20.1. The van der Waals surface area contributed by atoms with Crippen LogP contribution in [0.5, 0.6) is 0 Å². The highest BCUT2D eigenvalue weighted by molar-refractivity contribution is 5.84. The molecule has 24 heavy (non-hydrogen) atoms. The second kappa shape index (κ2) is 7.27. The van der Waals surface area contributed by atoms with Gasteiger partial charge >= 0.3 is 12.2 Å². The lowest BCUT2D eigenvalue weighted by atomic mass is 9.98. The van der Waals surface area contributed by atoms with Crippen LogP contribution in [-0.2, 0) is 14.3 Å². The molecule has 1 rings (SSSR count). The standard InChI is InChI=1S/C16H29N3O5/c1-15(2,3)23-13(21)18-10-7-8-11(12(17)20)19(9-10)14(22)24-16(4,5)6/h10-11H,7-9H2,1-6H3,(H2,17,20)(H,18,21)/t10-,11+/m1/s1. The molecule has 8 nitrogen and oxygen atoms in total. The first-order chi connectivity index (χ1) is 10.8. The van der Waals surface area contributed by atoms with Crippen LogP contribution in [0.3, 0.4) is 0 Å². The molecule has 1 aliphatic heterocycles. The zero-order valence-electron chi connectivity index (χ0n) is 15.3. The summed E-state index contributed by atoms with van der Waals surface area (Å²) in [6.07, 6.45) is -0.308. The predicted octanol–water partition coefficient (Wildman–Crippen LogP) is 1.76. The molecular weight excluding hydrogens is 314 g/mol. The SMILES string of the molecule is CC(C)(C)OC(=O)N[C@@H]1CC[C@@H](C(N)=O)N(C(=O)OC(C)(C)C)C1. The molecule has 1 fully saturated rings. The molecule has 3 N–H and O–H groups in total. The van der Waals surface area contributed by atoms with Crippen molar-refractivity contribution in [1.29, 1.82) is 0 Å². The van der Waals surface area contributed by atoms with Crippen LogP contribution in [0.4, 0.5) is 9.59 Å². The Morgan fingerprint density at radius 2 is 1.54 bits per heavy atom. The first-order valence-electron chi connectivity index (χ1n) is 8.07. The van der Waals surface area contributed by atoms with Crippen molar-refractivity contribution in [3.8, 4) is 0 Å². The van der Waals surface area contributed by atoms with E-state index in [1.807, 2.05) is 0 Å². The van der Waals surface area contributed by atoms with E-state index in [2.05, 4.69) is 5.32 Å². The predicted molar refractivity (Wildman–Crippen MR) is 88.3 cm³/mol. The summed E-state index contributed by atoms with van der Waals surface area (Å²) in [7, 11) is 0. The second-order valence-electron chi connectivity index (χ2n) is 7.97. The van der Waals surface area contributed by atoms with Gasteiger partial charge in [0.25, 0.3) is 0 Å². The zero-order chi connectivity index (χ0) is 18.7. The van der Waals surface area contributed by atoms with E-state index in [0.29, 0.717) is 12.8 Å². The van der Waals surface area contributed by atoms with Crippen molar-refractivity contribution in [2.24, 2.45) is 5.73 Å². The lowest BCUT2D eigenvalue weighted by molar-refractivity contribution is -0.124. The van der Waals surface area contributed by atoms with Crippen LogP contribution in [0.15, 0.2) is 0 Å². The molecule has 2 atom stereocenters. The number of ether oxygens (including phenoxy) is 2. The number of hydrogen-bond acceptors (Lipinski definition) is 5. The highest BCUT2D eigenvalue weighted by atomic mass is 16.6. The van der Waals surface area contributed by atoms with E-state index in [1.54, 1.807) is 41.5 Å². The molecule has 0 bridgehead atoms. The van der Waals surface area contributed by atoms with Gasteiger partial charge in [0.1, 0.15) is 17.2 Å². The summed E-state index contributed by atoms with van der Waals surface area (Å²) < 4.78 is 10.5. The van der Waals surface area contributed by atoms with Gasteiger partial charge in [-0.05, 0) is 54.4 Å². The Bertz CT molecular complexity index is 493. The van der Waals surface area contributed by atoms with Gasteiger partial charge in [-0.15, -0.1) is 0 Å². The van der Waals surface area contributed by atoms with Gasteiger partial charge in [-0.25, -0.2) is 9.59 Å². The largest absolute Gasteiger partial charge is 0.444 e. The number of nitrogens with one attached hydrogen (secondary N) is 1. The van der Waals surface area contributed by atoms with Gasteiger partial charge in [-0.3, -0.25) is 9.69 Å². The van der Waals surface area contributed by atoms with E-state index >= 15 is 0 Å². The average Bonchev–Trinajstić information content (AvgIpc) is 2.33. The number of carbonyl (C=O) groups is 3. The summed E-state index contributed by atoms with van der Waals surface area (Å²) >= 11 is 0. The van der Waals surface area contributed by atoms with Crippen LogP contribution < -0.4 is 11.1 Å². The minimum atomic E-state index is -0.739. The van der Waals surface area contributed by atoms with E-state index in [0.717, 1.165) is 0 Å². The quantitative estimate of drug-likeness (QED) is 0.793. The summed E-state index contributed by atoms with van der Waals surface area (Å²) in [5.41, 5.74) is 4.09. The summed E-state index contributed by atoms with van der Waals surface area (Å²) in [5, 5.41) is 2.72. The number of hydrogen-bond donors (Lipinski definition) is 2. The Balaban J connectivity index is 2.76. The van der Waals surface area contributed by atoms with Crippen molar-refractivity contribution in [3.05, 3.63) is 0 Å². The maximum atomic E-state index is 12.3. The van der Waals surface area contributed by atoms with Gasteiger partial charge in [0.05, 0.1) is 6.04 Å². The maximum absolute atomic E-state index is 12.3. The fourth-order valence-corrected chi connectivity index (χ4v) is 2.38. The zero-order valence-corrected chi connectivity index (χ0v) is 15.3. The first-order valence-corrected chi connectivity index (χ1v) is 8.07. The van der Waals surface area contributed by atoms with Crippen LogP contribution in [0.25, 0.3) is 0 Å². The number of alkyl carbamates (subject to hydrolysis) is 1. The van der Waals surface area contributed by atoms with Gasteiger partial charge in [0.2, 0.25) is 5.91 Å². The van der Waals surface area contributed by atoms with Crippen LogP contribution >= 0.6 is 0 Å². The van der Waals surface area contributed by atoms with Crippen molar-refractivity contribution in [2.75, 3.05) is 6.54 Å². The van der Waals surface area contributed by atoms with Gasteiger partial charge in [0.15, 0.2) is 0 Å². The maximum Gasteiger partial charge on any atom is 0.411 e. The van der Waals surface area contributed by atoms with Crippen LogP contribution in [-0.4, -0.2) is 52.8 Å². The monoisotopic (exact) mass is 343 g/mol. The molecule has 1 aliphatic rings. The van der Waals surface area contributed by atoms with E-state index in [-0.39, 0.29) is 12.6 Å². The fraction of sp³-hybridized carbons (Fsp3) is 0.812. The number of primary amides is 1. The molecule has 0 spiro atoms. The Kier molecular flexibility index (Phi) is 6.08. The number of rotatable bonds is 2. The Hall–Kier alpha value is -1.99. The minimum absolute atomic E-state index is 0.141. The highest BCUT2D eigenvalue weighted by Gasteiger charge is 2.38. The molecule has 0 aliphatic carbocycles. The molecule has 1 saturated heterocycles. The molecule has 0 aromatic rings. The van der Waals surface area contributed by atoms with Crippen molar-refractivity contribution in [2.45, 2.75) is 77.7 Å². The third-order valence-electron chi connectivity index (χ3n) is 3.26. The summed E-state index contributed by atoms with van der Waals surface area (Å²) in [6, 6.07) is -1.07. The third kappa shape index (κ3) is 6.64. The Morgan fingerprint density at radius 3 is 2.00 bits per heavy atom. The topological polar surface area (TPSA) is 111 Å². The number of amides is 3. The summed E-state index contributed by atoms with van der Waals surface area (Å²) in [6.45, 7) is 10.7. The van der Waals surface area contributed by atoms with Crippen LogP contribution in [0, 0.1) is 0 Å². The summed E-state index contributed by atoms with van der Waals surface area (Å²) in [4.78, 5) is 37.1. The molecule has 1 heterocycles. The number of nitrogens with two attached hydrogens (primary N) is 1. The van der Waals surface area contributed by atoms with Gasteiger partial charge < -0.3 is 20.5 Å². The van der Waals surface area contributed by atoms with Crippen molar-refractivity contribution in [3.63, 3.8) is 0 Å². The Morgan fingerprint density at radius 1 is 1.00 bits per heavy atom. The lowest BCUT2D eigenvalue weighted by Crippen LogP contribution is -2.58. The van der Waals surface area contributed by atoms with E-state index < -0.39 is 35.3 Å². The number of piperidine rings is 1. The second-order valence-corrected chi connectivity index (χ2v) is 7.97. The van der Waals surface area contributed by atoms with Gasteiger partial charge in [0, 0.05) is 6.54 Å². The molecule has 138 valence electrons. The molecule has 8 heteroatoms. The molecule has 3 amide bonds. The molecule has 0 aromatic heterocycles. The highest BCUT2D eigenvalue weighted by Crippen LogP contribution is 2.21. The van der Waals surface area contributed by atoms with E-state index in [9.17, 15) is 14.4 Å². The number of carbonyl (C=O) groups excluding carboxylic acids is 3. The Labute approximate surface area is 143 Å². The average molecular weight is 343 g/mol. The van der Waals surface area contributed by atoms with E-state index in [1.165, 1.54) is 4.90 Å². The molecule has 0 unspecified atom stereocenters. The van der Waals surface area contributed by atoms with E-state index in [4.69, 9.17) is 15.2 Å². The van der Waals surface area contributed by atoms with Crippen molar-refractivity contribution >= 4 is 18.1 Å². The van der Waals surface area contributed by atoms with Crippen LogP contribution in [0.2, 0.25) is 0 Å². The minimum Gasteiger partial charge on any atom is -0.444 e. The number of likely N-dealkylation sites (tertiary alicyclic amines) is 1. The molecular formula is C16H29N3O5. The third-order valence-corrected chi connectivity index (χ3v) is 3.26. The normalized spacial score (nSPS) is 21.8. The molecule has 0 aromatic carbocycles. The van der Waals surface area contributed by atoms with Gasteiger partial charge in [-0.2, -0.15) is 0 Å². The number of nitrogens with zero attached hydrogens (tertiary/aromatic N) is 1.